The monoisotopic (exact) mass is 395 g/mol. The SMILES string of the molecule is Br.O=CC(Br)(c1cccnc1)c1ccc2c(c1)CCC2. The summed E-state index contributed by atoms with van der Waals surface area (Å²) in [5, 5.41) is 0. The minimum atomic E-state index is -0.793. The highest BCUT2D eigenvalue weighted by Gasteiger charge is 2.32. The van der Waals surface area contributed by atoms with Crippen molar-refractivity contribution in [1.82, 2.24) is 4.98 Å². The van der Waals surface area contributed by atoms with Gasteiger partial charge in [-0.1, -0.05) is 40.2 Å². The topological polar surface area (TPSA) is 30.0 Å². The predicted molar refractivity (Wildman–Crippen MR) is 88.8 cm³/mol. The number of alkyl halides is 1. The van der Waals surface area contributed by atoms with E-state index in [1.165, 1.54) is 17.5 Å². The van der Waals surface area contributed by atoms with E-state index in [-0.39, 0.29) is 17.0 Å². The van der Waals surface area contributed by atoms with Gasteiger partial charge in [-0.15, -0.1) is 17.0 Å². The van der Waals surface area contributed by atoms with Crippen molar-refractivity contribution in [2.75, 3.05) is 0 Å². The van der Waals surface area contributed by atoms with Crippen LogP contribution in [0.3, 0.4) is 0 Å². The quantitative estimate of drug-likeness (QED) is 0.580. The van der Waals surface area contributed by atoms with Gasteiger partial charge in [0.2, 0.25) is 0 Å². The van der Waals surface area contributed by atoms with Gasteiger partial charge in [0, 0.05) is 12.4 Å². The molecule has 1 atom stereocenters. The third-order valence-electron chi connectivity index (χ3n) is 3.76. The van der Waals surface area contributed by atoms with Crippen LogP contribution in [0.5, 0.6) is 0 Å². The Kier molecular flexibility index (Phi) is 4.76. The average molecular weight is 397 g/mol. The number of rotatable bonds is 3. The third-order valence-corrected chi connectivity index (χ3v) is 4.87. The molecule has 0 fully saturated rings. The minimum absolute atomic E-state index is 0. The molecule has 0 saturated carbocycles. The van der Waals surface area contributed by atoms with Gasteiger partial charge >= 0.3 is 0 Å². The van der Waals surface area contributed by atoms with E-state index in [0.29, 0.717) is 0 Å². The lowest BCUT2D eigenvalue weighted by atomic mass is 9.91. The first-order valence-corrected chi connectivity index (χ1v) is 7.21. The Morgan fingerprint density at radius 1 is 1.15 bits per heavy atom. The molecule has 3 rings (SSSR count). The highest BCUT2D eigenvalue weighted by Crippen LogP contribution is 2.38. The predicted octanol–water partition coefficient (Wildman–Crippen LogP) is 3.99. The summed E-state index contributed by atoms with van der Waals surface area (Å²) in [6, 6.07) is 10.1. The zero-order valence-electron chi connectivity index (χ0n) is 10.9. The molecule has 104 valence electrons. The second kappa shape index (κ2) is 6.19. The van der Waals surface area contributed by atoms with Gasteiger partial charge in [0.1, 0.15) is 10.6 Å². The number of aryl methyl sites for hydroxylation is 2. The van der Waals surface area contributed by atoms with E-state index in [1.807, 2.05) is 18.2 Å². The smallest absolute Gasteiger partial charge is 0.145 e. The molecule has 1 unspecified atom stereocenters. The Labute approximate surface area is 137 Å². The van der Waals surface area contributed by atoms with Crippen LogP contribution < -0.4 is 0 Å². The maximum absolute atomic E-state index is 11.7. The van der Waals surface area contributed by atoms with Crippen molar-refractivity contribution in [3.8, 4) is 0 Å². The van der Waals surface area contributed by atoms with Gasteiger partial charge in [-0.2, -0.15) is 0 Å². The maximum atomic E-state index is 11.7. The summed E-state index contributed by atoms with van der Waals surface area (Å²) in [5.74, 6) is 0. The molecule has 0 saturated heterocycles. The molecule has 4 heteroatoms. The first-order chi connectivity index (χ1) is 9.24. The Hall–Kier alpha value is -1.00. The minimum Gasteiger partial charge on any atom is -0.301 e. The molecular weight excluding hydrogens is 382 g/mol. The molecule has 2 nitrogen and oxygen atoms in total. The van der Waals surface area contributed by atoms with Crippen molar-refractivity contribution >= 4 is 39.2 Å². The van der Waals surface area contributed by atoms with Crippen LogP contribution in [-0.4, -0.2) is 11.3 Å². The fourth-order valence-corrected chi connectivity index (χ4v) is 3.16. The zero-order valence-corrected chi connectivity index (χ0v) is 14.2. The van der Waals surface area contributed by atoms with Crippen LogP contribution in [0.2, 0.25) is 0 Å². The first-order valence-electron chi connectivity index (χ1n) is 6.42. The number of carbonyl (C=O) groups excluding carboxylic acids is 1. The molecule has 1 aromatic heterocycles. The highest BCUT2D eigenvalue weighted by molar-refractivity contribution is 9.10. The number of pyridine rings is 1. The lowest BCUT2D eigenvalue weighted by Gasteiger charge is -2.22. The summed E-state index contributed by atoms with van der Waals surface area (Å²) in [5.41, 5.74) is 4.63. The lowest BCUT2D eigenvalue weighted by Crippen LogP contribution is -2.22. The van der Waals surface area contributed by atoms with E-state index in [4.69, 9.17) is 0 Å². The van der Waals surface area contributed by atoms with Gasteiger partial charge in [-0.05, 0) is 47.6 Å². The van der Waals surface area contributed by atoms with Gasteiger partial charge in [0.15, 0.2) is 0 Å². The van der Waals surface area contributed by atoms with Crippen LogP contribution in [0.4, 0.5) is 0 Å². The van der Waals surface area contributed by atoms with Crippen molar-refractivity contribution in [2.45, 2.75) is 23.6 Å². The summed E-state index contributed by atoms with van der Waals surface area (Å²) in [4.78, 5) is 15.8. The molecule has 1 aliphatic carbocycles. The van der Waals surface area contributed by atoms with E-state index in [2.05, 4.69) is 33.0 Å². The van der Waals surface area contributed by atoms with Gasteiger partial charge in [0.25, 0.3) is 0 Å². The van der Waals surface area contributed by atoms with Gasteiger partial charge < -0.3 is 4.79 Å². The molecule has 0 bridgehead atoms. The number of hydrogen-bond donors (Lipinski definition) is 0. The summed E-state index contributed by atoms with van der Waals surface area (Å²) in [6.45, 7) is 0. The van der Waals surface area contributed by atoms with E-state index in [1.54, 1.807) is 12.4 Å². The van der Waals surface area contributed by atoms with Gasteiger partial charge in [-0.3, -0.25) is 4.98 Å². The van der Waals surface area contributed by atoms with E-state index < -0.39 is 4.32 Å². The summed E-state index contributed by atoms with van der Waals surface area (Å²) in [7, 11) is 0. The number of nitrogens with zero attached hydrogens (tertiary/aromatic N) is 1. The van der Waals surface area contributed by atoms with Crippen LogP contribution in [0, 0.1) is 0 Å². The molecule has 2 aromatic rings. The van der Waals surface area contributed by atoms with Crippen LogP contribution in [-0.2, 0) is 22.0 Å². The fourth-order valence-electron chi connectivity index (χ4n) is 2.68. The number of aromatic nitrogens is 1. The average Bonchev–Trinajstić information content (AvgIpc) is 2.94. The highest BCUT2D eigenvalue weighted by atomic mass is 79.9. The van der Waals surface area contributed by atoms with E-state index in [9.17, 15) is 4.79 Å². The van der Waals surface area contributed by atoms with Crippen LogP contribution in [0.1, 0.15) is 28.7 Å². The molecule has 0 N–H and O–H groups in total. The Morgan fingerprint density at radius 2 is 1.95 bits per heavy atom. The normalized spacial score (nSPS) is 15.8. The molecule has 1 heterocycles. The maximum Gasteiger partial charge on any atom is 0.145 e. The number of halogens is 2. The van der Waals surface area contributed by atoms with Crippen LogP contribution in [0.15, 0.2) is 42.7 Å². The number of fused-ring (bicyclic) bond motifs is 1. The summed E-state index contributed by atoms with van der Waals surface area (Å²) >= 11 is 3.60. The fraction of sp³-hybridized carbons (Fsp3) is 0.250. The Bertz CT molecular complexity index is 615. The Balaban J connectivity index is 0.00000147. The molecule has 20 heavy (non-hydrogen) atoms. The molecule has 1 aliphatic rings. The summed E-state index contributed by atoms with van der Waals surface area (Å²) in [6.07, 6.45) is 7.86. The molecule has 1 aromatic carbocycles. The standard InChI is InChI=1S/C16H14BrNO.BrH/c17-16(11-19,15-5-2-8-18-10-15)14-7-6-12-3-1-4-13(12)9-14;/h2,5-11H,1,3-4H2;1H. The largest absolute Gasteiger partial charge is 0.301 e. The van der Waals surface area contributed by atoms with Crippen molar-refractivity contribution in [3.05, 3.63) is 65.0 Å². The van der Waals surface area contributed by atoms with E-state index in [0.717, 1.165) is 30.3 Å². The molecule has 0 aliphatic heterocycles. The molecular formula is C16H15Br2NO. The van der Waals surface area contributed by atoms with Crippen molar-refractivity contribution < 1.29 is 4.79 Å². The summed E-state index contributed by atoms with van der Waals surface area (Å²) < 4.78 is -0.793. The number of hydrogen-bond acceptors (Lipinski definition) is 2. The van der Waals surface area contributed by atoms with Crippen molar-refractivity contribution in [3.63, 3.8) is 0 Å². The van der Waals surface area contributed by atoms with Crippen molar-refractivity contribution in [2.24, 2.45) is 0 Å². The molecule has 0 spiro atoms. The lowest BCUT2D eigenvalue weighted by molar-refractivity contribution is -0.109. The third kappa shape index (κ3) is 2.59. The second-order valence-electron chi connectivity index (χ2n) is 4.91. The van der Waals surface area contributed by atoms with Crippen LogP contribution >= 0.6 is 32.9 Å². The molecule has 0 amide bonds. The zero-order chi connectivity index (χ0) is 13.3. The van der Waals surface area contributed by atoms with E-state index >= 15 is 0 Å². The Morgan fingerprint density at radius 3 is 2.65 bits per heavy atom. The van der Waals surface area contributed by atoms with Gasteiger partial charge in [0.05, 0.1) is 0 Å². The van der Waals surface area contributed by atoms with Crippen molar-refractivity contribution in [1.29, 1.82) is 0 Å². The molecule has 0 radical (unpaired) electrons. The van der Waals surface area contributed by atoms with Gasteiger partial charge in [-0.25, -0.2) is 0 Å². The number of aldehydes is 1. The van der Waals surface area contributed by atoms with Crippen LogP contribution in [0.25, 0.3) is 0 Å². The number of benzene rings is 1. The number of carbonyl (C=O) groups is 1. The first kappa shape index (κ1) is 15.4. The second-order valence-corrected chi connectivity index (χ2v) is 6.16.